The second kappa shape index (κ2) is 7.58. The molecule has 0 bridgehead atoms. The fourth-order valence-corrected chi connectivity index (χ4v) is 9.15. The summed E-state index contributed by atoms with van der Waals surface area (Å²) in [5.41, 5.74) is 0. The predicted molar refractivity (Wildman–Crippen MR) is 101 cm³/mol. The van der Waals surface area contributed by atoms with Crippen molar-refractivity contribution in [2.45, 2.75) is 19.9 Å². The van der Waals surface area contributed by atoms with E-state index < -0.39 is 0 Å². The van der Waals surface area contributed by atoms with E-state index in [1.807, 2.05) is 46.2 Å². The molecular weight excluding hydrogens is 381 g/mol. The molecule has 0 saturated heterocycles. The van der Waals surface area contributed by atoms with Crippen LogP contribution >= 0.6 is 81.1 Å². The standard InChI is InChI=1S/C13H10S7/c14-13-19-11(17-7-9-3-1-5-15-9)12(20-13)18-8-10-4-2-6-16-10/h1-6H,7-8H2. The average Bonchev–Trinajstić information content (AvgIpc) is 3.16. The normalized spacial score (nSPS) is 11.0. The lowest BCUT2D eigenvalue weighted by Crippen LogP contribution is -1.74. The molecule has 0 aliphatic carbocycles. The van der Waals surface area contributed by atoms with E-state index in [4.69, 9.17) is 12.2 Å². The monoisotopic (exact) mass is 390 g/mol. The number of rotatable bonds is 6. The van der Waals surface area contributed by atoms with Gasteiger partial charge in [-0.15, -0.1) is 68.9 Å². The Morgan fingerprint density at radius 3 is 1.75 bits per heavy atom. The fourth-order valence-electron chi connectivity index (χ4n) is 1.50. The van der Waals surface area contributed by atoms with Gasteiger partial charge in [0.05, 0.1) is 8.42 Å². The van der Waals surface area contributed by atoms with Crippen molar-refractivity contribution in [1.29, 1.82) is 0 Å². The molecule has 0 aromatic carbocycles. The molecular formula is C13H10S7. The highest BCUT2D eigenvalue weighted by Gasteiger charge is 2.10. The Bertz CT molecular complexity index is 629. The van der Waals surface area contributed by atoms with E-state index in [0.717, 1.165) is 14.6 Å². The highest BCUT2D eigenvalue weighted by atomic mass is 32.2. The Kier molecular flexibility index (Phi) is 5.79. The zero-order chi connectivity index (χ0) is 13.8. The predicted octanol–water partition coefficient (Wildman–Crippen LogP) is 7.25. The van der Waals surface area contributed by atoms with Crippen LogP contribution in [0.1, 0.15) is 9.75 Å². The smallest absolute Gasteiger partial charge is 0.145 e. The maximum atomic E-state index is 5.36. The van der Waals surface area contributed by atoms with E-state index in [2.05, 4.69) is 35.0 Å². The van der Waals surface area contributed by atoms with Crippen LogP contribution in [-0.4, -0.2) is 0 Å². The summed E-state index contributed by atoms with van der Waals surface area (Å²) >= 11 is 16.4. The largest absolute Gasteiger partial charge is 0.148 e. The van der Waals surface area contributed by atoms with E-state index in [-0.39, 0.29) is 0 Å². The molecule has 0 fully saturated rings. The van der Waals surface area contributed by atoms with E-state index in [1.165, 1.54) is 18.2 Å². The molecule has 0 spiro atoms. The average molecular weight is 391 g/mol. The number of thiophene rings is 2. The lowest BCUT2D eigenvalue weighted by Gasteiger charge is -2.01. The summed E-state index contributed by atoms with van der Waals surface area (Å²) in [5.74, 6) is 2.10. The van der Waals surface area contributed by atoms with Crippen molar-refractivity contribution < 1.29 is 0 Å². The summed E-state index contributed by atoms with van der Waals surface area (Å²) in [6.45, 7) is 0. The fraction of sp³-hybridized carbons (Fsp3) is 0.154. The van der Waals surface area contributed by atoms with Crippen LogP contribution < -0.4 is 0 Å². The van der Waals surface area contributed by atoms with Gasteiger partial charge in [0.25, 0.3) is 0 Å². The van der Waals surface area contributed by atoms with Crippen molar-refractivity contribution in [3.8, 4) is 0 Å². The van der Waals surface area contributed by atoms with Crippen molar-refractivity contribution in [3.63, 3.8) is 0 Å². The SMILES string of the molecule is S=c1sc(SCc2cccs2)c(SCc2cccs2)s1. The van der Waals surface area contributed by atoms with Crippen LogP contribution in [0, 0.1) is 3.14 Å². The van der Waals surface area contributed by atoms with Gasteiger partial charge >= 0.3 is 0 Å². The molecule has 0 saturated carbocycles. The third-order valence-electron chi connectivity index (χ3n) is 2.37. The third-order valence-corrected chi connectivity index (χ3v) is 10.2. The van der Waals surface area contributed by atoms with Gasteiger partial charge in [0.15, 0.2) is 0 Å². The van der Waals surface area contributed by atoms with Gasteiger partial charge in [0, 0.05) is 21.3 Å². The molecule has 3 heterocycles. The van der Waals surface area contributed by atoms with Crippen LogP contribution in [0.15, 0.2) is 43.4 Å². The minimum absolute atomic E-state index is 1.03. The van der Waals surface area contributed by atoms with Crippen LogP contribution in [0.2, 0.25) is 0 Å². The second-order valence-electron chi connectivity index (χ2n) is 3.77. The molecule has 0 aliphatic heterocycles. The van der Waals surface area contributed by atoms with Crippen LogP contribution in [0.5, 0.6) is 0 Å². The van der Waals surface area contributed by atoms with E-state index in [9.17, 15) is 0 Å². The van der Waals surface area contributed by atoms with Crippen molar-refractivity contribution in [3.05, 3.63) is 47.9 Å². The Hall–Kier alpha value is 0.370. The maximum Gasteiger partial charge on any atom is 0.145 e. The molecule has 0 atom stereocenters. The summed E-state index contributed by atoms with van der Waals surface area (Å²) in [6.07, 6.45) is 0. The van der Waals surface area contributed by atoms with Crippen LogP contribution in [0.25, 0.3) is 0 Å². The zero-order valence-electron chi connectivity index (χ0n) is 10.2. The van der Waals surface area contributed by atoms with Gasteiger partial charge in [-0.3, -0.25) is 0 Å². The van der Waals surface area contributed by atoms with Crippen molar-refractivity contribution >= 4 is 81.1 Å². The van der Waals surface area contributed by atoms with Crippen LogP contribution in [0.4, 0.5) is 0 Å². The van der Waals surface area contributed by atoms with Crippen molar-refractivity contribution in [1.82, 2.24) is 0 Å². The summed E-state index contributed by atoms with van der Waals surface area (Å²) in [5, 5.41) is 4.27. The first kappa shape index (κ1) is 15.3. The van der Waals surface area contributed by atoms with Gasteiger partial charge in [-0.25, -0.2) is 0 Å². The van der Waals surface area contributed by atoms with Gasteiger partial charge in [0.2, 0.25) is 0 Å². The molecule has 20 heavy (non-hydrogen) atoms. The molecule has 0 unspecified atom stereocenters. The first-order valence-corrected chi connectivity index (χ1v) is 11.5. The van der Waals surface area contributed by atoms with Crippen molar-refractivity contribution in [2.24, 2.45) is 0 Å². The minimum Gasteiger partial charge on any atom is -0.148 e. The molecule has 0 nitrogen and oxygen atoms in total. The Labute approximate surface area is 147 Å². The van der Waals surface area contributed by atoms with Gasteiger partial charge in [-0.1, -0.05) is 24.4 Å². The maximum absolute atomic E-state index is 5.36. The van der Waals surface area contributed by atoms with Gasteiger partial charge in [-0.2, -0.15) is 0 Å². The van der Waals surface area contributed by atoms with E-state index in [0.29, 0.717) is 0 Å². The number of thioether (sulfide) groups is 2. The quantitative estimate of drug-likeness (QED) is 0.321. The molecule has 0 amide bonds. The lowest BCUT2D eigenvalue weighted by molar-refractivity contribution is 1.45. The second-order valence-corrected chi connectivity index (χ2v) is 11.5. The Morgan fingerprint density at radius 2 is 1.35 bits per heavy atom. The Morgan fingerprint density at radius 1 is 0.850 bits per heavy atom. The molecule has 3 aromatic heterocycles. The van der Waals surface area contributed by atoms with Crippen LogP contribution in [-0.2, 0) is 11.5 Å². The minimum atomic E-state index is 1.03. The van der Waals surface area contributed by atoms with E-state index >= 15 is 0 Å². The first-order valence-electron chi connectivity index (χ1n) is 5.75. The van der Waals surface area contributed by atoms with Gasteiger partial charge in [0.1, 0.15) is 3.14 Å². The van der Waals surface area contributed by atoms with Gasteiger partial charge < -0.3 is 0 Å². The summed E-state index contributed by atoms with van der Waals surface area (Å²) < 4.78 is 3.80. The first-order chi connectivity index (χ1) is 9.81. The molecule has 7 heteroatoms. The molecule has 0 radical (unpaired) electrons. The highest BCUT2D eigenvalue weighted by Crippen LogP contribution is 2.43. The molecule has 3 aromatic rings. The molecule has 104 valence electrons. The lowest BCUT2D eigenvalue weighted by atomic mass is 10.5. The van der Waals surface area contributed by atoms with Crippen LogP contribution in [0.3, 0.4) is 0 Å². The molecule has 0 N–H and O–H groups in total. The highest BCUT2D eigenvalue weighted by molar-refractivity contribution is 8.04. The summed E-state index contributed by atoms with van der Waals surface area (Å²) in [7, 11) is 0. The molecule has 0 aliphatic rings. The molecule has 3 rings (SSSR count). The number of hydrogen-bond donors (Lipinski definition) is 0. The number of hydrogen-bond acceptors (Lipinski definition) is 7. The van der Waals surface area contributed by atoms with E-state index in [1.54, 1.807) is 22.7 Å². The Balaban J connectivity index is 1.66. The van der Waals surface area contributed by atoms with Crippen molar-refractivity contribution in [2.75, 3.05) is 0 Å². The van der Waals surface area contributed by atoms with Gasteiger partial charge in [-0.05, 0) is 22.9 Å². The third kappa shape index (κ3) is 4.19. The topological polar surface area (TPSA) is 0 Å². The summed E-state index contributed by atoms with van der Waals surface area (Å²) in [6, 6.07) is 8.62. The summed E-state index contributed by atoms with van der Waals surface area (Å²) in [4.78, 5) is 2.85. The zero-order valence-corrected chi connectivity index (χ0v) is 16.0.